The van der Waals surface area contributed by atoms with Gasteiger partial charge in [0.1, 0.15) is 6.61 Å². The highest BCUT2D eigenvalue weighted by molar-refractivity contribution is 5.77. The number of amides is 1. The summed E-state index contributed by atoms with van der Waals surface area (Å²) < 4.78 is 5.36. The smallest absolute Gasteiger partial charge is 0.246 e. The number of nitrogens with one attached hydrogen (secondary N) is 2. The molecule has 0 aromatic carbocycles. The van der Waals surface area contributed by atoms with E-state index in [1.807, 2.05) is 20.8 Å². The fourth-order valence-electron chi connectivity index (χ4n) is 0.973. The Balaban J connectivity index is 3.52. The van der Waals surface area contributed by atoms with Crippen LogP contribution in [0.4, 0.5) is 0 Å². The van der Waals surface area contributed by atoms with E-state index in [0.29, 0.717) is 6.54 Å². The van der Waals surface area contributed by atoms with Crippen LogP contribution in [0.15, 0.2) is 0 Å². The average Bonchev–Trinajstić information content (AvgIpc) is 2.06. The molecule has 0 bridgehead atoms. The van der Waals surface area contributed by atoms with Crippen LogP contribution < -0.4 is 10.6 Å². The number of hydrogen-bond acceptors (Lipinski definition) is 3. The van der Waals surface area contributed by atoms with Gasteiger partial charge in [-0.05, 0) is 41.5 Å². The molecule has 0 heterocycles. The molecule has 16 heavy (non-hydrogen) atoms. The van der Waals surface area contributed by atoms with Crippen LogP contribution >= 0.6 is 0 Å². The molecule has 0 spiro atoms. The van der Waals surface area contributed by atoms with E-state index in [0.717, 1.165) is 6.54 Å². The van der Waals surface area contributed by atoms with Gasteiger partial charge in [-0.15, -0.1) is 0 Å². The molecule has 0 aliphatic rings. The van der Waals surface area contributed by atoms with E-state index in [9.17, 15) is 4.79 Å². The van der Waals surface area contributed by atoms with E-state index in [-0.39, 0.29) is 23.7 Å². The van der Waals surface area contributed by atoms with Crippen LogP contribution in [0, 0.1) is 0 Å². The van der Waals surface area contributed by atoms with Crippen molar-refractivity contribution in [1.29, 1.82) is 0 Å². The average molecular weight is 230 g/mol. The van der Waals surface area contributed by atoms with Gasteiger partial charge in [0.05, 0.1) is 5.60 Å². The molecule has 0 aliphatic carbocycles. The molecule has 0 rings (SSSR count). The monoisotopic (exact) mass is 230 g/mol. The first-order valence-corrected chi connectivity index (χ1v) is 5.76. The zero-order valence-electron chi connectivity index (χ0n) is 11.4. The van der Waals surface area contributed by atoms with E-state index in [1.165, 1.54) is 0 Å². The minimum Gasteiger partial charge on any atom is -0.366 e. The van der Waals surface area contributed by atoms with Crippen LogP contribution in [0.5, 0.6) is 0 Å². The van der Waals surface area contributed by atoms with Gasteiger partial charge in [0.15, 0.2) is 0 Å². The predicted molar refractivity (Wildman–Crippen MR) is 66.5 cm³/mol. The van der Waals surface area contributed by atoms with Crippen LogP contribution in [0.3, 0.4) is 0 Å². The van der Waals surface area contributed by atoms with Crippen molar-refractivity contribution in [1.82, 2.24) is 10.6 Å². The molecule has 0 aromatic rings. The molecule has 0 radical (unpaired) electrons. The van der Waals surface area contributed by atoms with Gasteiger partial charge in [-0.25, -0.2) is 0 Å². The standard InChI is InChI=1S/C12H26N2O2/c1-11(2,3)14-8-7-13-10(15)9-16-12(4,5)6/h14H,7-9H2,1-6H3,(H,13,15). The summed E-state index contributed by atoms with van der Waals surface area (Å²) in [6.45, 7) is 13.6. The van der Waals surface area contributed by atoms with Crippen LogP contribution in [0.2, 0.25) is 0 Å². The van der Waals surface area contributed by atoms with E-state index in [4.69, 9.17) is 4.74 Å². The van der Waals surface area contributed by atoms with Gasteiger partial charge >= 0.3 is 0 Å². The molecule has 4 heteroatoms. The molecule has 0 saturated carbocycles. The van der Waals surface area contributed by atoms with Crippen molar-refractivity contribution in [2.24, 2.45) is 0 Å². The Bertz CT molecular complexity index is 214. The highest BCUT2D eigenvalue weighted by Crippen LogP contribution is 2.05. The van der Waals surface area contributed by atoms with Crippen LogP contribution in [-0.4, -0.2) is 36.7 Å². The van der Waals surface area contributed by atoms with Crippen molar-refractivity contribution >= 4 is 5.91 Å². The molecule has 0 atom stereocenters. The molecule has 0 aliphatic heterocycles. The van der Waals surface area contributed by atoms with Crippen molar-refractivity contribution < 1.29 is 9.53 Å². The van der Waals surface area contributed by atoms with Gasteiger partial charge in [-0.3, -0.25) is 4.79 Å². The lowest BCUT2D eigenvalue weighted by Crippen LogP contribution is -2.42. The molecule has 2 N–H and O–H groups in total. The molecule has 1 amide bonds. The minimum absolute atomic E-state index is 0.0642. The van der Waals surface area contributed by atoms with Gasteiger partial charge in [0.2, 0.25) is 5.91 Å². The van der Waals surface area contributed by atoms with Crippen LogP contribution in [0.1, 0.15) is 41.5 Å². The van der Waals surface area contributed by atoms with Gasteiger partial charge in [-0.1, -0.05) is 0 Å². The van der Waals surface area contributed by atoms with Gasteiger partial charge < -0.3 is 15.4 Å². The first-order chi connectivity index (χ1) is 7.10. The largest absolute Gasteiger partial charge is 0.366 e. The predicted octanol–water partition coefficient (Wildman–Crippen LogP) is 1.31. The third-order valence-corrected chi connectivity index (χ3v) is 1.74. The lowest BCUT2D eigenvalue weighted by atomic mass is 10.1. The Morgan fingerprint density at radius 2 is 1.62 bits per heavy atom. The van der Waals surface area contributed by atoms with Gasteiger partial charge in [0, 0.05) is 18.6 Å². The number of hydrogen-bond donors (Lipinski definition) is 2. The highest BCUT2D eigenvalue weighted by atomic mass is 16.5. The van der Waals surface area contributed by atoms with Crippen LogP contribution in [0.25, 0.3) is 0 Å². The molecular formula is C12H26N2O2. The maximum Gasteiger partial charge on any atom is 0.246 e. The van der Waals surface area contributed by atoms with Crippen molar-refractivity contribution in [3.05, 3.63) is 0 Å². The normalized spacial score (nSPS) is 12.6. The Kier molecular flexibility index (Phi) is 5.97. The molecule has 96 valence electrons. The lowest BCUT2D eigenvalue weighted by Gasteiger charge is -2.21. The summed E-state index contributed by atoms with van der Waals surface area (Å²) in [5, 5.41) is 6.10. The highest BCUT2D eigenvalue weighted by Gasteiger charge is 2.12. The summed E-state index contributed by atoms with van der Waals surface area (Å²) in [6, 6.07) is 0. The van der Waals surface area contributed by atoms with Gasteiger partial charge in [0.25, 0.3) is 0 Å². The van der Waals surface area contributed by atoms with Gasteiger partial charge in [-0.2, -0.15) is 0 Å². The third kappa shape index (κ3) is 11.5. The molecule has 0 fully saturated rings. The Hall–Kier alpha value is -0.610. The van der Waals surface area contributed by atoms with Crippen LogP contribution in [-0.2, 0) is 9.53 Å². The number of ether oxygens (including phenoxy) is 1. The second-order valence-electron chi connectivity index (χ2n) is 5.93. The Morgan fingerprint density at radius 1 is 1.06 bits per heavy atom. The molecule has 0 unspecified atom stereocenters. The SMILES string of the molecule is CC(C)(C)NCCNC(=O)COC(C)(C)C. The van der Waals surface area contributed by atoms with E-state index < -0.39 is 0 Å². The maximum atomic E-state index is 11.4. The summed E-state index contributed by atoms with van der Waals surface area (Å²) in [4.78, 5) is 11.4. The molecular weight excluding hydrogens is 204 g/mol. The number of carbonyl (C=O) groups excluding carboxylic acids is 1. The van der Waals surface area contributed by atoms with Crippen molar-refractivity contribution in [3.63, 3.8) is 0 Å². The number of rotatable bonds is 5. The van der Waals surface area contributed by atoms with Crippen molar-refractivity contribution in [3.8, 4) is 0 Å². The van der Waals surface area contributed by atoms with Crippen molar-refractivity contribution in [2.45, 2.75) is 52.7 Å². The summed E-state index contributed by atoms with van der Waals surface area (Å²) in [6.07, 6.45) is 0. The Labute approximate surface area is 99.1 Å². The van der Waals surface area contributed by atoms with E-state index >= 15 is 0 Å². The second kappa shape index (κ2) is 6.21. The lowest BCUT2D eigenvalue weighted by molar-refractivity contribution is -0.130. The second-order valence-corrected chi connectivity index (χ2v) is 5.93. The zero-order chi connectivity index (χ0) is 12.8. The zero-order valence-corrected chi connectivity index (χ0v) is 11.4. The first-order valence-electron chi connectivity index (χ1n) is 5.76. The Morgan fingerprint density at radius 3 is 2.06 bits per heavy atom. The fourth-order valence-corrected chi connectivity index (χ4v) is 0.973. The first kappa shape index (κ1) is 15.4. The summed E-state index contributed by atoms with van der Waals surface area (Å²) in [5.74, 6) is -0.0642. The van der Waals surface area contributed by atoms with E-state index in [1.54, 1.807) is 0 Å². The van der Waals surface area contributed by atoms with Crippen molar-refractivity contribution in [2.75, 3.05) is 19.7 Å². The molecule has 4 nitrogen and oxygen atoms in total. The van der Waals surface area contributed by atoms with E-state index in [2.05, 4.69) is 31.4 Å². The maximum absolute atomic E-state index is 11.4. The summed E-state index contributed by atoms with van der Waals surface area (Å²) >= 11 is 0. The minimum atomic E-state index is -0.263. The molecule has 0 saturated heterocycles. The topological polar surface area (TPSA) is 50.4 Å². The summed E-state index contributed by atoms with van der Waals surface area (Å²) in [5.41, 5.74) is -0.173. The third-order valence-electron chi connectivity index (χ3n) is 1.74. The molecule has 0 aromatic heterocycles. The fraction of sp³-hybridized carbons (Fsp3) is 0.917. The quantitative estimate of drug-likeness (QED) is 0.700. The number of carbonyl (C=O) groups is 1. The summed E-state index contributed by atoms with van der Waals surface area (Å²) in [7, 11) is 0.